The van der Waals surface area contributed by atoms with Crippen LogP contribution in [0.2, 0.25) is 5.02 Å². The summed E-state index contributed by atoms with van der Waals surface area (Å²) >= 11 is 7.47. The molecule has 3 aromatic rings. The molecule has 0 amide bonds. The van der Waals surface area contributed by atoms with E-state index in [0.717, 1.165) is 17.1 Å². The van der Waals surface area contributed by atoms with Gasteiger partial charge in [-0.25, -0.2) is 4.98 Å². The van der Waals surface area contributed by atoms with Crippen molar-refractivity contribution in [1.29, 1.82) is 0 Å². The van der Waals surface area contributed by atoms with Gasteiger partial charge in [-0.15, -0.1) is 11.3 Å². The lowest BCUT2D eigenvalue weighted by Crippen LogP contribution is -2.09. The number of thiophene rings is 1. The fraction of sp³-hybridized carbons (Fsp3) is 0.214. The maximum absolute atomic E-state index is 13.0. The molecule has 0 bridgehead atoms. The maximum atomic E-state index is 13.0. The van der Waals surface area contributed by atoms with Crippen molar-refractivity contribution in [1.82, 2.24) is 9.38 Å². The van der Waals surface area contributed by atoms with E-state index >= 15 is 0 Å². The van der Waals surface area contributed by atoms with Crippen molar-refractivity contribution >= 4 is 28.6 Å². The van der Waals surface area contributed by atoms with Crippen molar-refractivity contribution in [2.45, 2.75) is 12.6 Å². The molecule has 8 heteroatoms. The number of fused-ring (bicyclic) bond motifs is 1. The molecule has 116 valence electrons. The summed E-state index contributed by atoms with van der Waals surface area (Å²) in [5.74, 6) is 0. The molecule has 0 spiro atoms. The Hall–Kier alpha value is -1.57. The summed E-state index contributed by atoms with van der Waals surface area (Å²) in [6, 6.07) is 4.62. The Labute approximate surface area is 133 Å². The van der Waals surface area contributed by atoms with Gasteiger partial charge in [0.05, 0.1) is 21.2 Å². The molecule has 0 aliphatic heterocycles. The first-order valence-electron chi connectivity index (χ1n) is 6.43. The number of imidazole rings is 1. The smallest absolute Gasteiger partial charge is 0.330 e. The van der Waals surface area contributed by atoms with Gasteiger partial charge in [-0.3, -0.25) is 0 Å². The molecule has 0 unspecified atom stereocenters. The van der Waals surface area contributed by atoms with E-state index in [1.807, 2.05) is 17.5 Å². The first kappa shape index (κ1) is 15.3. The van der Waals surface area contributed by atoms with Gasteiger partial charge in [-0.2, -0.15) is 13.2 Å². The highest BCUT2D eigenvalue weighted by Gasteiger charge is 2.32. The predicted molar refractivity (Wildman–Crippen MR) is 81.3 cm³/mol. The van der Waals surface area contributed by atoms with Crippen LogP contribution in [0.4, 0.5) is 13.2 Å². The van der Waals surface area contributed by atoms with Crippen LogP contribution in [0.15, 0.2) is 29.8 Å². The Balaban J connectivity index is 2.31. The van der Waals surface area contributed by atoms with Crippen LogP contribution in [-0.2, 0) is 12.6 Å². The molecule has 0 saturated carbocycles. The summed E-state index contributed by atoms with van der Waals surface area (Å²) in [5, 5.41) is 1.85. The lowest BCUT2D eigenvalue weighted by molar-refractivity contribution is -0.137. The first-order chi connectivity index (χ1) is 10.4. The monoisotopic (exact) mass is 345 g/mol. The number of aromatic nitrogens is 2. The summed E-state index contributed by atoms with van der Waals surface area (Å²) in [7, 11) is 0. The van der Waals surface area contributed by atoms with Gasteiger partial charge in [-0.1, -0.05) is 17.7 Å². The Morgan fingerprint density at radius 2 is 2.14 bits per heavy atom. The highest BCUT2D eigenvalue weighted by molar-refractivity contribution is 7.13. The van der Waals surface area contributed by atoms with Gasteiger partial charge in [0.1, 0.15) is 5.69 Å². The van der Waals surface area contributed by atoms with Crippen LogP contribution < -0.4 is 5.73 Å². The molecule has 0 fully saturated rings. The van der Waals surface area contributed by atoms with Crippen LogP contribution in [0.5, 0.6) is 0 Å². The van der Waals surface area contributed by atoms with E-state index in [-0.39, 0.29) is 5.02 Å². The number of nitrogens with zero attached hydrogens (tertiary/aromatic N) is 2. The second kappa shape index (κ2) is 5.57. The molecule has 3 heterocycles. The molecule has 3 rings (SSSR count). The quantitative estimate of drug-likeness (QED) is 0.771. The van der Waals surface area contributed by atoms with E-state index in [0.29, 0.717) is 30.0 Å². The standard InChI is InChI=1S/C14H11ClF3N3S/c15-9-6-8(14(16,17)18)7-21-10(3-4-19)12(20-13(9)21)11-2-1-5-22-11/h1-2,5-7H,3-4,19H2. The number of hydrogen-bond acceptors (Lipinski definition) is 3. The van der Waals surface area contributed by atoms with Gasteiger partial charge >= 0.3 is 6.18 Å². The number of rotatable bonds is 3. The predicted octanol–water partition coefficient (Wildman–Crippen LogP) is 4.24. The van der Waals surface area contributed by atoms with E-state index in [2.05, 4.69) is 4.98 Å². The molecular formula is C14H11ClF3N3S. The van der Waals surface area contributed by atoms with Crippen molar-refractivity contribution in [3.8, 4) is 10.6 Å². The largest absolute Gasteiger partial charge is 0.417 e. The summed E-state index contributed by atoms with van der Waals surface area (Å²) < 4.78 is 40.3. The van der Waals surface area contributed by atoms with E-state index in [9.17, 15) is 13.2 Å². The van der Waals surface area contributed by atoms with Gasteiger partial charge in [-0.05, 0) is 24.1 Å². The van der Waals surface area contributed by atoms with Crippen LogP contribution in [-0.4, -0.2) is 15.9 Å². The molecule has 2 N–H and O–H groups in total. The molecule has 3 aromatic heterocycles. The lowest BCUT2D eigenvalue weighted by atomic mass is 10.2. The molecule has 22 heavy (non-hydrogen) atoms. The van der Waals surface area contributed by atoms with E-state index < -0.39 is 11.7 Å². The van der Waals surface area contributed by atoms with Crippen LogP contribution >= 0.6 is 22.9 Å². The zero-order valence-corrected chi connectivity index (χ0v) is 12.8. The third kappa shape index (κ3) is 2.60. The molecule has 0 aliphatic carbocycles. The molecule has 0 saturated heterocycles. The molecule has 0 atom stereocenters. The van der Waals surface area contributed by atoms with Crippen molar-refractivity contribution in [2.75, 3.05) is 6.54 Å². The van der Waals surface area contributed by atoms with Crippen LogP contribution in [0.25, 0.3) is 16.2 Å². The third-order valence-electron chi connectivity index (χ3n) is 3.24. The van der Waals surface area contributed by atoms with Crippen molar-refractivity contribution in [3.05, 3.63) is 46.1 Å². The van der Waals surface area contributed by atoms with Crippen LogP contribution in [0.1, 0.15) is 11.3 Å². The molecule has 0 radical (unpaired) electrons. The van der Waals surface area contributed by atoms with Crippen molar-refractivity contribution in [3.63, 3.8) is 0 Å². The summed E-state index contributed by atoms with van der Waals surface area (Å²) in [5.41, 5.74) is 6.36. The van der Waals surface area contributed by atoms with Crippen molar-refractivity contribution < 1.29 is 13.2 Å². The van der Waals surface area contributed by atoms with E-state index in [1.165, 1.54) is 15.7 Å². The van der Waals surface area contributed by atoms with Crippen LogP contribution in [0, 0.1) is 0 Å². The highest BCUT2D eigenvalue weighted by Crippen LogP contribution is 2.35. The Morgan fingerprint density at radius 1 is 1.36 bits per heavy atom. The number of halogens is 4. The molecule has 0 aromatic carbocycles. The normalized spacial score (nSPS) is 12.2. The highest BCUT2D eigenvalue weighted by atomic mass is 35.5. The summed E-state index contributed by atoms with van der Waals surface area (Å²) in [4.78, 5) is 5.29. The van der Waals surface area contributed by atoms with Crippen LogP contribution in [0.3, 0.4) is 0 Å². The number of pyridine rings is 1. The van der Waals surface area contributed by atoms with Crippen molar-refractivity contribution in [2.24, 2.45) is 5.73 Å². The molecular weight excluding hydrogens is 335 g/mol. The minimum absolute atomic E-state index is 0.0316. The average molecular weight is 346 g/mol. The van der Waals surface area contributed by atoms with E-state index in [4.69, 9.17) is 17.3 Å². The van der Waals surface area contributed by atoms with Gasteiger partial charge < -0.3 is 10.1 Å². The second-order valence-corrected chi connectivity index (χ2v) is 6.05. The molecule has 0 aliphatic rings. The number of nitrogens with two attached hydrogens (primary N) is 1. The lowest BCUT2D eigenvalue weighted by Gasteiger charge is -2.09. The minimum Gasteiger partial charge on any atom is -0.330 e. The SMILES string of the molecule is NCCc1c(-c2cccs2)nc2c(Cl)cc(C(F)(F)F)cn12. The third-order valence-corrected chi connectivity index (χ3v) is 4.39. The topological polar surface area (TPSA) is 43.3 Å². The summed E-state index contributed by atoms with van der Waals surface area (Å²) in [6.45, 7) is 0.306. The number of alkyl halides is 3. The Kier molecular flexibility index (Phi) is 3.88. The number of hydrogen-bond donors (Lipinski definition) is 1. The summed E-state index contributed by atoms with van der Waals surface area (Å²) in [6.07, 6.45) is -3.03. The van der Waals surface area contributed by atoms with Gasteiger partial charge in [0.2, 0.25) is 0 Å². The fourth-order valence-electron chi connectivity index (χ4n) is 2.29. The zero-order valence-electron chi connectivity index (χ0n) is 11.2. The minimum atomic E-state index is -4.47. The zero-order chi connectivity index (χ0) is 15.9. The first-order valence-corrected chi connectivity index (χ1v) is 7.69. The van der Waals surface area contributed by atoms with Gasteiger partial charge in [0.15, 0.2) is 5.65 Å². The van der Waals surface area contributed by atoms with E-state index in [1.54, 1.807) is 0 Å². The Bertz CT molecular complexity index is 809. The second-order valence-electron chi connectivity index (χ2n) is 4.69. The van der Waals surface area contributed by atoms with Gasteiger partial charge in [0.25, 0.3) is 0 Å². The molecule has 3 nitrogen and oxygen atoms in total. The fourth-order valence-corrected chi connectivity index (χ4v) is 3.28. The maximum Gasteiger partial charge on any atom is 0.417 e. The average Bonchev–Trinajstić information content (AvgIpc) is 3.06. The van der Waals surface area contributed by atoms with Gasteiger partial charge in [0, 0.05) is 12.6 Å². The Morgan fingerprint density at radius 3 is 2.73 bits per heavy atom.